The Labute approximate surface area is 162 Å². The summed E-state index contributed by atoms with van der Waals surface area (Å²) in [5.74, 6) is -0.0652. The van der Waals surface area contributed by atoms with Crippen molar-refractivity contribution >= 4 is 40.0 Å². The first-order valence-electron chi connectivity index (χ1n) is 8.99. The lowest BCUT2D eigenvalue weighted by molar-refractivity contribution is -0.120. The van der Waals surface area contributed by atoms with Crippen molar-refractivity contribution in [1.29, 1.82) is 0 Å². The van der Waals surface area contributed by atoms with Gasteiger partial charge in [0.05, 0.1) is 17.8 Å². The zero-order chi connectivity index (χ0) is 18.8. The zero-order valence-corrected chi connectivity index (χ0v) is 15.8. The quantitative estimate of drug-likeness (QED) is 0.746. The van der Waals surface area contributed by atoms with Gasteiger partial charge < -0.3 is 10.2 Å². The number of halogens is 1. The molecule has 0 aliphatic carbocycles. The van der Waals surface area contributed by atoms with Crippen LogP contribution in [-0.4, -0.2) is 33.9 Å². The van der Waals surface area contributed by atoms with Gasteiger partial charge in [-0.15, -0.1) is 0 Å². The summed E-state index contributed by atoms with van der Waals surface area (Å²) in [4.78, 5) is 27.8. The third-order valence-corrected chi connectivity index (χ3v) is 5.31. The Morgan fingerprint density at radius 1 is 1.22 bits per heavy atom. The lowest BCUT2D eigenvalue weighted by atomic mass is 9.96. The number of anilines is 2. The van der Waals surface area contributed by atoms with Crippen molar-refractivity contribution < 1.29 is 4.79 Å². The third-order valence-electron chi connectivity index (χ3n) is 4.91. The summed E-state index contributed by atoms with van der Waals surface area (Å²) in [6.07, 6.45) is 6.91. The van der Waals surface area contributed by atoms with Gasteiger partial charge in [-0.2, -0.15) is 0 Å². The molecule has 0 bridgehead atoms. The molecule has 1 N–H and O–H groups in total. The summed E-state index contributed by atoms with van der Waals surface area (Å²) < 4.78 is 0. The van der Waals surface area contributed by atoms with Crippen LogP contribution in [0.3, 0.4) is 0 Å². The van der Waals surface area contributed by atoms with E-state index >= 15 is 0 Å². The molecule has 4 rings (SSSR count). The summed E-state index contributed by atoms with van der Waals surface area (Å²) in [6.45, 7) is 3.49. The van der Waals surface area contributed by atoms with E-state index in [9.17, 15) is 4.79 Å². The molecule has 1 aliphatic heterocycles. The molecular formula is C20H20ClN5O. The first-order valence-corrected chi connectivity index (χ1v) is 9.37. The fourth-order valence-electron chi connectivity index (χ4n) is 3.36. The number of benzene rings is 1. The zero-order valence-electron chi connectivity index (χ0n) is 15.0. The van der Waals surface area contributed by atoms with Gasteiger partial charge in [0, 0.05) is 36.2 Å². The molecule has 0 saturated carbocycles. The molecule has 27 heavy (non-hydrogen) atoms. The van der Waals surface area contributed by atoms with Crippen molar-refractivity contribution in [2.24, 2.45) is 5.92 Å². The number of nitrogens with one attached hydrogen (secondary N) is 1. The van der Waals surface area contributed by atoms with E-state index in [4.69, 9.17) is 11.6 Å². The summed E-state index contributed by atoms with van der Waals surface area (Å²) >= 11 is 6.16. The number of amides is 1. The monoisotopic (exact) mass is 381 g/mol. The lowest BCUT2D eigenvalue weighted by Crippen LogP contribution is -2.40. The van der Waals surface area contributed by atoms with Gasteiger partial charge in [-0.05, 0) is 43.5 Å². The molecule has 0 spiro atoms. The molecule has 0 radical (unpaired) electrons. The summed E-state index contributed by atoms with van der Waals surface area (Å²) in [5.41, 5.74) is 4.08. The highest BCUT2D eigenvalue weighted by Crippen LogP contribution is 2.26. The first kappa shape index (κ1) is 17.7. The minimum atomic E-state index is -0.0867. The molecule has 1 unspecified atom stereocenters. The van der Waals surface area contributed by atoms with Crippen molar-refractivity contribution in [2.45, 2.75) is 19.8 Å². The van der Waals surface area contributed by atoms with Crippen LogP contribution in [-0.2, 0) is 4.79 Å². The number of aryl methyl sites for hydroxylation is 1. The SMILES string of the molecule is Cc1ccc(NC(=O)C2CCCN(c3cnc4nccnc4c3)C2)cc1Cl. The Bertz CT molecular complexity index is 993. The molecule has 2 aromatic heterocycles. The fourth-order valence-corrected chi connectivity index (χ4v) is 3.54. The van der Waals surface area contributed by atoms with E-state index in [2.05, 4.69) is 25.2 Å². The standard InChI is InChI=1S/C20H20ClN5O/c1-13-4-5-15(9-17(13)21)25-20(27)14-3-2-8-26(12-14)16-10-18-19(24-11-16)23-7-6-22-18/h4-7,9-11,14H,2-3,8,12H2,1H3,(H,25,27). The van der Waals surface area contributed by atoms with Crippen molar-refractivity contribution in [1.82, 2.24) is 15.0 Å². The lowest BCUT2D eigenvalue weighted by Gasteiger charge is -2.33. The van der Waals surface area contributed by atoms with Crippen LogP contribution in [0.5, 0.6) is 0 Å². The molecule has 3 heterocycles. The van der Waals surface area contributed by atoms with Crippen LogP contribution in [0, 0.1) is 12.8 Å². The maximum Gasteiger partial charge on any atom is 0.229 e. The number of carbonyl (C=O) groups excluding carboxylic acids is 1. The highest BCUT2D eigenvalue weighted by molar-refractivity contribution is 6.31. The van der Waals surface area contributed by atoms with Crippen LogP contribution in [0.4, 0.5) is 11.4 Å². The van der Waals surface area contributed by atoms with Crippen LogP contribution in [0.25, 0.3) is 11.2 Å². The van der Waals surface area contributed by atoms with E-state index in [0.29, 0.717) is 17.2 Å². The van der Waals surface area contributed by atoms with Crippen LogP contribution in [0.15, 0.2) is 42.9 Å². The number of hydrogen-bond acceptors (Lipinski definition) is 5. The minimum absolute atomic E-state index is 0.0214. The van der Waals surface area contributed by atoms with Gasteiger partial charge in [0.2, 0.25) is 5.91 Å². The number of pyridine rings is 1. The van der Waals surface area contributed by atoms with E-state index in [1.165, 1.54) is 0 Å². The van der Waals surface area contributed by atoms with E-state index in [-0.39, 0.29) is 11.8 Å². The number of piperidine rings is 1. The van der Waals surface area contributed by atoms with Crippen LogP contribution >= 0.6 is 11.6 Å². The predicted octanol–water partition coefficient (Wildman–Crippen LogP) is 3.84. The van der Waals surface area contributed by atoms with Gasteiger partial charge in [-0.1, -0.05) is 17.7 Å². The fraction of sp³-hybridized carbons (Fsp3) is 0.300. The maximum absolute atomic E-state index is 12.7. The molecule has 1 aliphatic rings. The summed E-state index contributed by atoms with van der Waals surface area (Å²) in [7, 11) is 0. The van der Waals surface area contributed by atoms with Crippen molar-refractivity contribution in [3.05, 3.63) is 53.4 Å². The number of aromatic nitrogens is 3. The molecule has 3 aromatic rings. The Morgan fingerprint density at radius 2 is 2.07 bits per heavy atom. The first-order chi connectivity index (χ1) is 13.1. The van der Waals surface area contributed by atoms with Crippen LogP contribution < -0.4 is 10.2 Å². The molecule has 7 heteroatoms. The highest BCUT2D eigenvalue weighted by atomic mass is 35.5. The van der Waals surface area contributed by atoms with Crippen molar-refractivity contribution in [2.75, 3.05) is 23.3 Å². The van der Waals surface area contributed by atoms with E-state index < -0.39 is 0 Å². The van der Waals surface area contributed by atoms with Crippen LogP contribution in [0.2, 0.25) is 5.02 Å². The van der Waals surface area contributed by atoms with Gasteiger partial charge in [-0.25, -0.2) is 9.97 Å². The molecule has 1 aromatic carbocycles. The van der Waals surface area contributed by atoms with Crippen molar-refractivity contribution in [3.63, 3.8) is 0 Å². The van der Waals surface area contributed by atoms with Gasteiger partial charge in [0.15, 0.2) is 5.65 Å². The Morgan fingerprint density at radius 3 is 2.93 bits per heavy atom. The number of fused-ring (bicyclic) bond motifs is 1. The largest absolute Gasteiger partial charge is 0.369 e. The average Bonchev–Trinajstić information content (AvgIpc) is 2.70. The van der Waals surface area contributed by atoms with Gasteiger partial charge in [0.25, 0.3) is 0 Å². The molecule has 138 valence electrons. The third kappa shape index (κ3) is 3.85. The molecule has 1 amide bonds. The number of carbonyl (C=O) groups is 1. The molecule has 1 fully saturated rings. The van der Waals surface area contributed by atoms with E-state index in [0.717, 1.165) is 41.8 Å². The Hall–Kier alpha value is -2.73. The van der Waals surface area contributed by atoms with Crippen LogP contribution in [0.1, 0.15) is 18.4 Å². The second kappa shape index (κ2) is 7.48. The number of hydrogen-bond donors (Lipinski definition) is 1. The topological polar surface area (TPSA) is 71.0 Å². The predicted molar refractivity (Wildman–Crippen MR) is 107 cm³/mol. The second-order valence-corrected chi connectivity index (χ2v) is 7.24. The van der Waals surface area contributed by atoms with E-state index in [1.807, 2.05) is 25.1 Å². The smallest absolute Gasteiger partial charge is 0.229 e. The molecular weight excluding hydrogens is 362 g/mol. The summed E-state index contributed by atoms with van der Waals surface area (Å²) in [5, 5.41) is 3.65. The molecule has 6 nitrogen and oxygen atoms in total. The maximum atomic E-state index is 12.7. The van der Waals surface area contributed by atoms with Gasteiger partial charge in [0.1, 0.15) is 5.52 Å². The normalized spacial score (nSPS) is 17.1. The van der Waals surface area contributed by atoms with E-state index in [1.54, 1.807) is 24.7 Å². The molecule has 1 saturated heterocycles. The minimum Gasteiger partial charge on any atom is -0.369 e. The summed E-state index contributed by atoms with van der Waals surface area (Å²) in [6, 6.07) is 7.56. The van der Waals surface area contributed by atoms with Crippen molar-refractivity contribution in [3.8, 4) is 0 Å². The number of nitrogens with zero attached hydrogens (tertiary/aromatic N) is 4. The molecule has 1 atom stereocenters. The Balaban J connectivity index is 1.48. The Kier molecular flexibility index (Phi) is 4.90. The second-order valence-electron chi connectivity index (χ2n) is 6.83. The van der Waals surface area contributed by atoms with Gasteiger partial charge in [-0.3, -0.25) is 9.78 Å². The highest BCUT2D eigenvalue weighted by Gasteiger charge is 2.26. The van der Waals surface area contributed by atoms with Gasteiger partial charge >= 0.3 is 0 Å². The average molecular weight is 382 g/mol. The number of rotatable bonds is 3.